The highest BCUT2D eigenvalue weighted by molar-refractivity contribution is 7.98. The largest absolute Gasteiger partial charge is 0.332 e. The van der Waals surface area contributed by atoms with Gasteiger partial charge in [0.25, 0.3) is 0 Å². The predicted molar refractivity (Wildman–Crippen MR) is 99.3 cm³/mol. The summed E-state index contributed by atoms with van der Waals surface area (Å²) in [6.07, 6.45) is 6.44. The second-order valence-corrected chi connectivity index (χ2v) is 8.94. The van der Waals surface area contributed by atoms with E-state index < -0.39 is 0 Å². The fourth-order valence-corrected chi connectivity index (χ4v) is 5.22. The molecule has 1 aromatic rings. The van der Waals surface area contributed by atoms with E-state index in [2.05, 4.69) is 44.4 Å². The van der Waals surface area contributed by atoms with Crippen LogP contribution in [0.15, 0.2) is 29.2 Å². The van der Waals surface area contributed by atoms with Crippen LogP contribution < -0.4 is 9.80 Å². The van der Waals surface area contributed by atoms with Crippen molar-refractivity contribution in [2.75, 3.05) is 32.4 Å². The highest BCUT2D eigenvalue weighted by Crippen LogP contribution is 2.15. The quantitative estimate of drug-likeness (QED) is 0.794. The Labute approximate surface area is 146 Å². The minimum atomic E-state index is 0.925. The van der Waals surface area contributed by atoms with Crippen molar-refractivity contribution in [3.05, 3.63) is 29.8 Å². The molecule has 0 aromatic heterocycles. The lowest BCUT2D eigenvalue weighted by Gasteiger charge is -2.39. The zero-order chi connectivity index (χ0) is 16.2. The summed E-state index contributed by atoms with van der Waals surface area (Å²) < 4.78 is 0. The minimum Gasteiger partial charge on any atom is -0.332 e. The van der Waals surface area contributed by atoms with E-state index >= 15 is 0 Å². The zero-order valence-corrected chi connectivity index (χ0v) is 15.9. The molecule has 128 valence electrons. The first kappa shape index (κ1) is 17.3. The lowest BCUT2D eigenvalue weighted by molar-refractivity contribution is -0.969. The second kappa shape index (κ2) is 8.04. The van der Waals surface area contributed by atoms with Gasteiger partial charge in [0.1, 0.15) is 6.54 Å². The van der Waals surface area contributed by atoms with Gasteiger partial charge in [-0.05, 0) is 24.8 Å². The summed E-state index contributed by atoms with van der Waals surface area (Å²) in [6, 6.07) is 10.1. The Kier molecular flexibility index (Phi) is 6.06. The molecular formula is C20H34N2S+2. The van der Waals surface area contributed by atoms with Gasteiger partial charge in [-0.2, -0.15) is 0 Å². The highest BCUT2D eigenvalue weighted by Gasteiger charge is 2.34. The smallest absolute Gasteiger partial charge is 0.103 e. The number of benzene rings is 1. The van der Waals surface area contributed by atoms with E-state index in [0.717, 1.165) is 17.9 Å². The first-order valence-electron chi connectivity index (χ1n) is 9.45. The van der Waals surface area contributed by atoms with Crippen LogP contribution in [-0.2, 0) is 6.54 Å². The van der Waals surface area contributed by atoms with Gasteiger partial charge in [0.15, 0.2) is 0 Å². The Morgan fingerprint density at radius 2 is 1.61 bits per heavy atom. The average Bonchev–Trinajstić information content (AvgIpc) is 2.55. The van der Waals surface area contributed by atoms with Crippen molar-refractivity contribution in [3.8, 4) is 0 Å². The molecule has 0 saturated carbocycles. The number of rotatable bonds is 4. The Morgan fingerprint density at radius 1 is 1.00 bits per heavy atom. The molecule has 2 nitrogen and oxygen atoms in total. The van der Waals surface area contributed by atoms with E-state index in [0.29, 0.717) is 0 Å². The number of piperidine rings is 2. The standard InChI is InChI=1S/C20H32N2S/c1-16-12-17(2)14-22(13-16)19-8-10-21(11-9-19)15-18-4-6-20(23-3)7-5-18/h4-7,16-17,19H,8-15H2,1-3H3/p+2/t16-,17+. The summed E-state index contributed by atoms with van der Waals surface area (Å²) in [5.74, 6) is 1.85. The molecule has 2 aliphatic heterocycles. The second-order valence-electron chi connectivity index (χ2n) is 8.06. The van der Waals surface area contributed by atoms with Crippen molar-refractivity contribution >= 4 is 11.8 Å². The third-order valence-corrected chi connectivity index (χ3v) is 6.65. The molecule has 0 bridgehead atoms. The van der Waals surface area contributed by atoms with Crippen molar-refractivity contribution in [3.63, 3.8) is 0 Å². The number of hydrogen-bond donors (Lipinski definition) is 2. The van der Waals surface area contributed by atoms with Gasteiger partial charge in [0.05, 0.1) is 32.2 Å². The lowest BCUT2D eigenvalue weighted by atomic mass is 9.89. The lowest BCUT2D eigenvalue weighted by Crippen LogP contribution is -3.21. The maximum atomic E-state index is 2.45. The maximum Gasteiger partial charge on any atom is 0.103 e. The molecule has 0 aliphatic carbocycles. The summed E-state index contributed by atoms with van der Waals surface area (Å²) in [5, 5.41) is 0. The number of quaternary nitrogens is 2. The molecule has 3 heteroatoms. The van der Waals surface area contributed by atoms with Crippen LogP contribution in [0.5, 0.6) is 0 Å². The molecule has 3 rings (SSSR count). The van der Waals surface area contributed by atoms with Crippen LogP contribution in [0.4, 0.5) is 0 Å². The molecular weight excluding hydrogens is 300 g/mol. The monoisotopic (exact) mass is 334 g/mol. The molecule has 3 atom stereocenters. The molecule has 0 spiro atoms. The first-order chi connectivity index (χ1) is 11.1. The Hall–Kier alpha value is -0.510. The van der Waals surface area contributed by atoms with Gasteiger partial charge < -0.3 is 9.80 Å². The summed E-state index contributed by atoms with van der Waals surface area (Å²) in [4.78, 5) is 5.08. The SMILES string of the molecule is CSc1ccc(C[NH+]2CCC([NH+]3C[C@H](C)C[C@H](C)C3)CC2)cc1. The van der Waals surface area contributed by atoms with Gasteiger partial charge in [-0.15, -0.1) is 11.8 Å². The van der Waals surface area contributed by atoms with Crippen LogP contribution in [0.1, 0.15) is 38.7 Å². The molecule has 2 fully saturated rings. The summed E-state index contributed by atoms with van der Waals surface area (Å²) >= 11 is 1.83. The van der Waals surface area contributed by atoms with Crippen LogP contribution in [0.25, 0.3) is 0 Å². The first-order valence-corrected chi connectivity index (χ1v) is 10.7. The zero-order valence-electron chi connectivity index (χ0n) is 15.1. The fourth-order valence-electron chi connectivity index (χ4n) is 4.81. The van der Waals surface area contributed by atoms with Crippen LogP contribution in [0.2, 0.25) is 0 Å². The Morgan fingerprint density at radius 3 is 2.17 bits per heavy atom. The third kappa shape index (κ3) is 4.74. The Bertz CT molecular complexity index is 469. The fraction of sp³-hybridized carbons (Fsp3) is 0.700. The summed E-state index contributed by atoms with van der Waals surface area (Å²) in [6.45, 7) is 11.7. The maximum absolute atomic E-state index is 2.45. The van der Waals surface area contributed by atoms with Gasteiger partial charge in [0, 0.05) is 35.1 Å². The number of hydrogen-bond acceptors (Lipinski definition) is 1. The van der Waals surface area contributed by atoms with Gasteiger partial charge in [-0.1, -0.05) is 26.0 Å². The van der Waals surface area contributed by atoms with Crippen molar-refractivity contribution in [2.24, 2.45) is 11.8 Å². The number of thioether (sulfide) groups is 1. The van der Waals surface area contributed by atoms with Crippen molar-refractivity contribution < 1.29 is 9.80 Å². The molecule has 2 N–H and O–H groups in total. The predicted octanol–water partition coefficient (Wildman–Crippen LogP) is 1.52. The van der Waals surface area contributed by atoms with Gasteiger partial charge in [-0.3, -0.25) is 0 Å². The minimum absolute atomic E-state index is 0.925. The van der Waals surface area contributed by atoms with E-state index in [1.54, 1.807) is 4.90 Å². The van der Waals surface area contributed by atoms with E-state index in [1.165, 1.54) is 62.4 Å². The van der Waals surface area contributed by atoms with Crippen molar-refractivity contribution in [1.29, 1.82) is 0 Å². The summed E-state index contributed by atoms with van der Waals surface area (Å²) in [7, 11) is 0. The Balaban J connectivity index is 1.48. The molecule has 1 aromatic carbocycles. The normalized spacial score (nSPS) is 35.2. The number of nitrogens with one attached hydrogen (secondary N) is 2. The van der Waals surface area contributed by atoms with Gasteiger partial charge >= 0.3 is 0 Å². The summed E-state index contributed by atoms with van der Waals surface area (Å²) in [5.41, 5.74) is 1.50. The van der Waals surface area contributed by atoms with E-state index in [9.17, 15) is 0 Å². The molecule has 2 heterocycles. The van der Waals surface area contributed by atoms with Gasteiger partial charge in [0.2, 0.25) is 0 Å². The molecule has 2 aliphatic rings. The van der Waals surface area contributed by atoms with E-state index in [-0.39, 0.29) is 0 Å². The van der Waals surface area contributed by atoms with E-state index in [4.69, 9.17) is 0 Å². The molecule has 0 amide bonds. The topological polar surface area (TPSA) is 8.88 Å². The van der Waals surface area contributed by atoms with Gasteiger partial charge in [-0.25, -0.2) is 0 Å². The van der Waals surface area contributed by atoms with Crippen LogP contribution in [0, 0.1) is 11.8 Å². The molecule has 0 radical (unpaired) electrons. The van der Waals surface area contributed by atoms with E-state index in [1.807, 2.05) is 16.7 Å². The highest BCUT2D eigenvalue weighted by atomic mass is 32.2. The number of likely N-dealkylation sites (tertiary alicyclic amines) is 2. The molecule has 2 saturated heterocycles. The van der Waals surface area contributed by atoms with Crippen LogP contribution >= 0.6 is 11.8 Å². The van der Waals surface area contributed by atoms with Crippen LogP contribution in [0.3, 0.4) is 0 Å². The molecule has 23 heavy (non-hydrogen) atoms. The van der Waals surface area contributed by atoms with Crippen molar-refractivity contribution in [2.45, 2.75) is 50.6 Å². The average molecular weight is 335 g/mol. The van der Waals surface area contributed by atoms with Crippen LogP contribution in [-0.4, -0.2) is 38.5 Å². The third-order valence-electron chi connectivity index (χ3n) is 5.91. The molecule has 1 unspecified atom stereocenters. The van der Waals surface area contributed by atoms with Crippen molar-refractivity contribution in [1.82, 2.24) is 0 Å².